The van der Waals surface area contributed by atoms with Crippen molar-refractivity contribution < 1.29 is 9.59 Å². The second-order valence-corrected chi connectivity index (χ2v) is 7.30. The summed E-state index contributed by atoms with van der Waals surface area (Å²) in [6.07, 6.45) is 0. The zero-order chi connectivity index (χ0) is 20.2. The summed E-state index contributed by atoms with van der Waals surface area (Å²) < 4.78 is 1.65. The molecule has 0 saturated carbocycles. The molecule has 0 radical (unpaired) electrons. The molecule has 2 amide bonds. The molecule has 0 saturated heterocycles. The number of amides is 2. The second kappa shape index (κ2) is 8.12. The molecule has 4 aromatic rings. The maximum atomic E-state index is 13.0. The summed E-state index contributed by atoms with van der Waals surface area (Å²) in [7, 11) is 0. The maximum Gasteiger partial charge on any atom is 0.274 e. The molecule has 0 aliphatic rings. The van der Waals surface area contributed by atoms with Crippen LogP contribution in [0.15, 0.2) is 78.2 Å². The van der Waals surface area contributed by atoms with E-state index in [9.17, 15) is 9.59 Å². The molecule has 0 fully saturated rings. The van der Waals surface area contributed by atoms with E-state index in [1.54, 1.807) is 46.4 Å². The van der Waals surface area contributed by atoms with Gasteiger partial charge < -0.3 is 10.6 Å². The Hall–Kier alpha value is -3.71. The number of hydrogen-bond donors (Lipinski definition) is 2. The second-order valence-electron chi connectivity index (χ2n) is 6.35. The Kier molecular flexibility index (Phi) is 5.22. The van der Waals surface area contributed by atoms with Crippen LogP contribution < -0.4 is 10.6 Å². The van der Waals surface area contributed by atoms with E-state index >= 15 is 0 Å². The van der Waals surface area contributed by atoms with Crippen molar-refractivity contribution in [3.05, 3.63) is 83.9 Å². The number of rotatable bonds is 5. The lowest BCUT2D eigenvalue weighted by molar-refractivity contribution is -0.114. The number of carbonyl (C=O) groups is 2. The topological polar surface area (TPSA) is 76.0 Å². The molecule has 0 bridgehead atoms. The third-order valence-electron chi connectivity index (χ3n) is 4.18. The number of aromatic nitrogens is 2. The van der Waals surface area contributed by atoms with Gasteiger partial charge in [-0.05, 0) is 53.9 Å². The number of benzene rings is 2. The fourth-order valence-corrected chi connectivity index (χ4v) is 3.57. The summed E-state index contributed by atoms with van der Waals surface area (Å²) in [5.41, 5.74) is 3.29. The molecule has 7 heteroatoms. The summed E-state index contributed by atoms with van der Waals surface area (Å²) in [5, 5.41) is 12.2. The molecule has 6 nitrogen and oxygen atoms in total. The third kappa shape index (κ3) is 4.25. The zero-order valence-electron chi connectivity index (χ0n) is 15.6. The van der Waals surface area contributed by atoms with E-state index in [2.05, 4.69) is 15.7 Å². The van der Waals surface area contributed by atoms with Gasteiger partial charge in [0, 0.05) is 18.3 Å². The van der Waals surface area contributed by atoms with Crippen molar-refractivity contribution in [2.45, 2.75) is 6.92 Å². The van der Waals surface area contributed by atoms with Crippen molar-refractivity contribution >= 4 is 34.5 Å². The number of para-hydroxylation sites is 1. The van der Waals surface area contributed by atoms with E-state index < -0.39 is 0 Å². The van der Waals surface area contributed by atoms with Gasteiger partial charge in [0.2, 0.25) is 5.91 Å². The average molecular weight is 402 g/mol. The summed E-state index contributed by atoms with van der Waals surface area (Å²) in [5.74, 6) is -0.411. The molecule has 2 heterocycles. The van der Waals surface area contributed by atoms with Crippen molar-refractivity contribution in [1.82, 2.24) is 9.78 Å². The van der Waals surface area contributed by atoms with Crippen LogP contribution >= 0.6 is 11.3 Å². The molecule has 4 rings (SSSR count). The van der Waals surface area contributed by atoms with Crippen LogP contribution in [0, 0.1) is 0 Å². The lowest BCUT2D eigenvalue weighted by Gasteiger charge is -2.09. The van der Waals surface area contributed by atoms with E-state index in [-0.39, 0.29) is 11.8 Å². The standard InChI is InChI=1S/C22H18N4O2S/c1-15(27)23-16-9-11-17(12-10-16)24-22(28)20-14-19(21-8-5-13-29-21)25-26(20)18-6-3-2-4-7-18/h2-14H,1H3,(H,23,27)(H,24,28). The van der Waals surface area contributed by atoms with E-state index in [1.165, 1.54) is 6.92 Å². The van der Waals surface area contributed by atoms with E-state index in [4.69, 9.17) is 0 Å². The SMILES string of the molecule is CC(=O)Nc1ccc(NC(=O)c2cc(-c3cccs3)nn2-c2ccccc2)cc1. The maximum absolute atomic E-state index is 13.0. The van der Waals surface area contributed by atoms with Gasteiger partial charge in [0.25, 0.3) is 5.91 Å². The van der Waals surface area contributed by atoms with Gasteiger partial charge in [-0.3, -0.25) is 9.59 Å². The summed E-state index contributed by atoms with van der Waals surface area (Å²) in [6, 6.07) is 22.2. The molecule has 2 aromatic heterocycles. The molecular formula is C22H18N4O2S. The summed E-state index contributed by atoms with van der Waals surface area (Å²) >= 11 is 1.57. The highest BCUT2D eigenvalue weighted by atomic mass is 32.1. The first kappa shape index (κ1) is 18.6. The minimum absolute atomic E-state index is 0.144. The Bertz CT molecular complexity index is 1130. The van der Waals surface area contributed by atoms with Crippen LogP contribution in [0.4, 0.5) is 11.4 Å². The van der Waals surface area contributed by atoms with Gasteiger partial charge in [0.1, 0.15) is 11.4 Å². The normalized spacial score (nSPS) is 10.5. The lowest BCUT2D eigenvalue weighted by Crippen LogP contribution is -2.17. The van der Waals surface area contributed by atoms with Crippen LogP contribution in [0.5, 0.6) is 0 Å². The highest BCUT2D eigenvalue weighted by Gasteiger charge is 2.18. The number of anilines is 2. The molecule has 2 N–H and O–H groups in total. The Balaban J connectivity index is 1.64. The van der Waals surface area contributed by atoms with Crippen molar-refractivity contribution in [1.29, 1.82) is 0 Å². The van der Waals surface area contributed by atoms with Gasteiger partial charge in [-0.15, -0.1) is 11.3 Å². The number of nitrogens with one attached hydrogen (secondary N) is 2. The van der Waals surface area contributed by atoms with Crippen LogP contribution in [0.3, 0.4) is 0 Å². The number of hydrogen-bond acceptors (Lipinski definition) is 4. The average Bonchev–Trinajstić information content (AvgIpc) is 3.39. The predicted molar refractivity (Wildman–Crippen MR) is 116 cm³/mol. The highest BCUT2D eigenvalue weighted by molar-refractivity contribution is 7.13. The Morgan fingerprint density at radius 3 is 2.21 bits per heavy atom. The third-order valence-corrected chi connectivity index (χ3v) is 5.07. The fraction of sp³-hybridized carbons (Fsp3) is 0.0455. The number of thiophene rings is 1. The smallest absolute Gasteiger partial charge is 0.274 e. The Morgan fingerprint density at radius 1 is 0.897 bits per heavy atom. The zero-order valence-corrected chi connectivity index (χ0v) is 16.4. The van der Waals surface area contributed by atoms with E-state index in [1.807, 2.05) is 47.8 Å². The number of carbonyl (C=O) groups excluding carboxylic acids is 2. The van der Waals surface area contributed by atoms with Crippen molar-refractivity contribution in [3.8, 4) is 16.3 Å². The van der Waals surface area contributed by atoms with Crippen LogP contribution in [-0.2, 0) is 4.79 Å². The molecule has 2 aromatic carbocycles. The lowest BCUT2D eigenvalue weighted by atomic mass is 10.2. The molecule has 0 unspecified atom stereocenters. The van der Waals surface area contributed by atoms with Gasteiger partial charge in [-0.2, -0.15) is 5.10 Å². The van der Waals surface area contributed by atoms with Crippen LogP contribution in [0.1, 0.15) is 17.4 Å². The van der Waals surface area contributed by atoms with Crippen LogP contribution in [0.25, 0.3) is 16.3 Å². The molecule has 0 atom stereocenters. The van der Waals surface area contributed by atoms with Gasteiger partial charge >= 0.3 is 0 Å². The quantitative estimate of drug-likeness (QED) is 0.503. The first-order valence-corrected chi connectivity index (χ1v) is 9.86. The molecular weight excluding hydrogens is 384 g/mol. The number of nitrogens with zero attached hydrogens (tertiary/aromatic N) is 2. The van der Waals surface area contributed by atoms with Crippen molar-refractivity contribution in [3.63, 3.8) is 0 Å². The van der Waals surface area contributed by atoms with Gasteiger partial charge in [-0.25, -0.2) is 4.68 Å². The minimum atomic E-state index is -0.267. The summed E-state index contributed by atoms with van der Waals surface area (Å²) in [6.45, 7) is 1.45. The van der Waals surface area contributed by atoms with Gasteiger partial charge in [-0.1, -0.05) is 24.3 Å². The molecule has 29 heavy (non-hydrogen) atoms. The minimum Gasteiger partial charge on any atom is -0.326 e. The molecule has 0 aliphatic carbocycles. The van der Waals surface area contributed by atoms with Crippen LogP contribution in [0.2, 0.25) is 0 Å². The summed E-state index contributed by atoms with van der Waals surface area (Å²) in [4.78, 5) is 25.2. The van der Waals surface area contributed by atoms with E-state index in [0.717, 1.165) is 16.3 Å². The van der Waals surface area contributed by atoms with Gasteiger partial charge in [0.15, 0.2) is 0 Å². The Labute approximate surface area is 171 Å². The molecule has 0 aliphatic heterocycles. The van der Waals surface area contributed by atoms with Crippen molar-refractivity contribution in [2.24, 2.45) is 0 Å². The fourth-order valence-electron chi connectivity index (χ4n) is 2.89. The molecule has 0 spiro atoms. The first-order chi connectivity index (χ1) is 14.1. The predicted octanol–water partition coefficient (Wildman–Crippen LogP) is 4.81. The van der Waals surface area contributed by atoms with E-state index in [0.29, 0.717) is 17.1 Å². The largest absolute Gasteiger partial charge is 0.326 e. The Morgan fingerprint density at radius 2 is 1.59 bits per heavy atom. The molecule has 144 valence electrons. The highest BCUT2D eigenvalue weighted by Crippen LogP contribution is 2.26. The van der Waals surface area contributed by atoms with Crippen molar-refractivity contribution in [2.75, 3.05) is 10.6 Å². The van der Waals surface area contributed by atoms with Crippen LogP contribution in [-0.4, -0.2) is 21.6 Å². The van der Waals surface area contributed by atoms with Gasteiger partial charge in [0.05, 0.1) is 10.6 Å². The first-order valence-electron chi connectivity index (χ1n) is 8.98. The monoisotopic (exact) mass is 402 g/mol.